The van der Waals surface area contributed by atoms with Gasteiger partial charge in [-0.2, -0.15) is 0 Å². The second-order valence-electron chi connectivity index (χ2n) is 4.48. The third-order valence-corrected chi connectivity index (χ3v) is 5.23. The van der Waals surface area contributed by atoms with Crippen molar-refractivity contribution in [1.29, 1.82) is 0 Å². The zero-order valence-electron chi connectivity index (χ0n) is 10.5. The molecule has 0 aliphatic carbocycles. The number of halogens is 1. The molecular formula is C15H15ClO2S. The highest BCUT2D eigenvalue weighted by atomic mass is 35.7. The summed E-state index contributed by atoms with van der Waals surface area (Å²) in [7, 11) is 1.92. The molecule has 0 saturated carbocycles. The van der Waals surface area contributed by atoms with Crippen LogP contribution in [0.15, 0.2) is 60.7 Å². The molecule has 2 nitrogen and oxygen atoms in total. The Balaban J connectivity index is 2.52. The van der Waals surface area contributed by atoms with E-state index in [1.54, 1.807) is 6.92 Å². The molecule has 1 atom stereocenters. The van der Waals surface area contributed by atoms with Crippen LogP contribution in [-0.4, -0.2) is 13.7 Å². The van der Waals surface area contributed by atoms with E-state index in [4.69, 9.17) is 10.7 Å². The van der Waals surface area contributed by atoms with Gasteiger partial charge in [0.1, 0.15) is 0 Å². The molecule has 2 aromatic rings. The Bertz CT molecular complexity index is 584. The maximum absolute atomic E-state index is 11.7. The minimum Gasteiger partial charge on any atom is -0.212 e. The predicted molar refractivity (Wildman–Crippen MR) is 79.0 cm³/mol. The van der Waals surface area contributed by atoms with E-state index in [-0.39, 0.29) is 5.92 Å². The third-order valence-electron chi connectivity index (χ3n) is 3.23. The molecule has 0 heterocycles. The quantitative estimate of drug-likeness (QED) is 0.804. The van der Waals surface area contributed by atoms with Crippen LogP contribution in [0.1, 0.15) is 24.0 Å². The van der Waals surface area contributed by atoms with Crippen LogP contribution < -0.4 is 0 Å². The fourth-order valence-corrected chi connectivity index (χ4v) is 3.17. The van der Waals surface area contributed by atoms with E-state index < -0.39 is 14.3 Å². The minimum absolute atomic E-state index is 0.259. The van der Waals surface area contributed by atoms with Crippen LogP contribution in [-0.2, 0) is 9.05 Å². The van der Waals surface area contributed by atoms with E-state index >= 15 is 0 Å². The Hall–Kier alpha value is -1.32. The summed E-state index contributed by atoms with van der Waals surface area (Å²) in [4.78, 5) is 0. The molecule has 0 aliphatic rings. The van der Waals surface area contributed by atoms with Gasteiger partial charge in [0.25, 0.3) is 0 Å². The molecule has 0 radical (unpaired) electrons. The average molecular weight is 295 g/mol. The van der Waals surface area contributed by atoms with Crippen molar-refractivity contribution in [3.8, 4) is 0 Å². The molecule has 2 rings (SSSR count). The van der Waals surface area contributed by atoms with Crippen LogP contribution in [0, 0.1) is 0 Å². The summed E-state index contributed by atoms with van der Waals surface area (Å²) in [6.07, 6.45) is 0. The average Bonchev–Trinajstić information content (AvgIpc) is 2.40. The lowest BCUT2D eigenvalue weighted by molar-refractivity contribution is 0.589. The van der Waals surface area contributed by atoms with Crippen LogP contribution in [0.3, 0.4) is 0 Å². The molecule has 0 N–H and O–H groups in total. The Kier molecular flexibility index (Phi) is 4.27. The van der Waals surface area contributed by atoms with Gasteiger partial charge >= 0.3 is 0 Å². The zero-order valence-corrected chi connectivity index (χ0v) is 12.1. The van der Waals surface area contributed by atoms with Gasteiger partial charge in [-0.25, -0.2) is 8.42 Å². The van der Waals surface area contributed by atoms with Crippen molar-refractivity contribution in [2.24, 2.45) is 0 Å². The van der Waals surface area contributed by atoms with Gasteiger partial charge in [-0.3, -0.25) is 0 Å². The van der Waals surface area contributed by atoms with Crippen molar-refractivity contribution in [3.63, 3.8) is 0 Å². The van der Waals surface area contributed by atoms with Crippen molar-refractivity contribution in [1.82, 2.24) is 0 Å². The number of hydrogen-bond donors (Lipinski definition) is 0. The Morgan fingerprint density at radius 2 is 1.21 bits per heavy atom. The number of benzene rings is 2. The van der Waals surface area contributed by atoms with Gasteiger partial charge in [0.2, 0.25) is 9.05 Å². The van der Waals surface area contributed by atoms with Gasteiger partial charge in [-0.15, -0.1) is 0 Å². The van der Waals surface area contributed by atoms with E-state index in [0.717, 1.165) is 11.1 Å². The fraction of sp³-hybridized carbons (Fsp3) is 0.200. The summed E-state index contributed by atoms with van der Waals surface area (Å²) in [5.74, 6) is -0.259. The maximum Gasteiger partial charge on any atom is 0.236 e. The van der Waals surface area contributed by atoms with Gasteiger partial charge in [0.05, 0.1) is 5.25 Å². The Morgan fingerprint density at radius 3 is 1.53 bits per heavy atom. The van der Waals surface area contributed by atoms with Gasteiger partial charge in [-0.1, -0.05) is 60.7 Å². The van der Waals surface area contributed by atoms with Crippen LogP contribution in [0.2, 0.25) is 0 Å². The number of rotatable bonds is 4. The molecule has 19 heavy (non-hydrogen) atoms. The van der Waals surface area contributed by atoms with Crippen molar-refractivity contribution < 1.29 is 8.42 Å². The highest BCUT2D eigenvalue weighted by Crippen LogP contribution is 2.32. The topological polar surface area (TPSA) is 34.1 Å². The van der Waals surface area contributed by atoms with Crippen molar-refractivity contribution >= 4 is 19.7 Å². The SMILES string of the molecule is CC(C(c1ccccc1)c1ccccc1)S(=O)(=O)Cl. The number of hydrogen-bond acceptors (Lipinski definition) is 2. The molecule has 0 amide bonds. The highest BCUT2D eigenvalue weighted by molar-refractivity contribution is 8.14. The molecule has 0 fully saturated rings. The third kappa shape index (κ3) is 3.37. The first-order valence-electron chi connectivity index (χ1n) is 6.03. The lowest BCUT2D eigenvalue weighted by atomic mass is 9.89. The second-order valence-corrected chi connectivity index (χ2v) is 7.46. The zero-order chi connectivity index (χ0) is 13.9. The summed E-state index contributed by atoms with van der Waals surface area (Å²) >= 11 is 0. The van der Waals surface area contributed by atoms with Crippen LogP contribution in [0.5, 0.6) is 0 Å². The van der Waals surface area contributed by atoms with Crippen LogP contribution in [0.4, 0.5) is 0 Å². The molecule has 1 unspecified atom stereocenters. The molecule has 2 aromatic carbocycles. The molecule has 4 heteroatoms. The summed E-state index contributed by atoms with van der Waals surface area (Å²) < 4.78 is 23.4. The lowest BCUT2D eigenvalue weighted by Crippen LogP contribution is -2.22. The van der Waals surface area contributed by atoms with E-state index in [9.17, 15) is 8.42 Å². The predicted octanol–water partition coefficient (Wildman–Crippen LogP) is 3.78. The monoisotopic (exact) mass is 294 g/mol. The van der Waals surface area contributed by atoms with E-state index in [0.29, 0.717) is 0 Å². The Morgan fingerprint density at radius 1 is 0.842 bits per heavy atom. The molecule has 0 spiro atoms. The normalized spacial score (nSPS) is 13.4. The van der Waals surface area contributed by atoms with Crippen molar-refractivity contribution in [2.75, 3.05) is 0 Å². The van der Waals surface area contributed by atoms with Crippen molar-refractivity contribution in [2.45, 2.75) is 18.1 Å². The second kappa shape index (κ2) is 5.76. The standard InChI is InChI=1S/C15H15ClO2S/c1-12(19(16,17)18)15(13-8-4-2-5-9-13)14-10-6-3-7-11-14/h2-12,15H,1H3. The molecule has 0 aliphatic heterocycles. The summed E-state index contributed by atoms with van der Waals surface area (Å²) in [5, 5.41) is -0.682. The first-order chi connectivity index (χ1) is 9.00. The van der Waals surface area contributed by atoms with Gasteiger partial charge in [0, 0.05) is 16.6 Å². The van der Waals surface area contributed by atoms with Crippen LogP contribution in [0.25, 0.3) is 0 Å². The summed E-state index contributed by atoms with van der Waals surface area (Å²) in [6.45, 7) is 1.65. The molecule has 0 bridgehead atoms. The first kappa shape index (κ1) is 14.1. The van der Waals surface area contributed by atoms with E-state index in [1.807, 2.05) is 60.7 Å². The van der Waals surface area contributed by atoms with E-state index in [1.165, 1.54) is 0 Å². The van der Waals surface area contributed by atoms with Gasteiger partial charge in [-0.05, 0) is 18.1 Å². The molecular weight excluding hydrogens is 280 g/mol. The minimum atomic E-state index is -3.63. The van der Waals surface area contributed by atoms with Gasteiger partial charge in [0.15, 0.2) is 0 Å². The van der Waals surface area contributed by atoms with Crippen molar-refractivity contribution in [3.05, 3.63) is 71.8 Å². The molecule has 100 valence electrons. The summed E-state index contributed by atoms with van der Waals surface area (Å²) in [6, 6.07) is 19.1. The first-order valence-corrected chi connectivity index (χ1v) is 8.41. The smallest absolute Gasteiger partial charge is 0.212 e. The summed E-state index contributed by atoms with van der Waals surface area (Å²) in [5.41, 5.74) is 1.90. The fourth-order valence-electron chi connectivity index (χ4n) is 2.22. The van der Waals surface area contributed by atoms with E-state index in [2.05, 4.69) is 0 Å². The Labute approximate surface area is 118 Å². The largest absolute Gasteiger partial charge is 0.236 e. The lowest BCUT2D eigenvalue weighted by Gasteiger charge is -2.22. The molecule has 0 saturated heterocycles. The van der Waals surface area contributed by atoms with Crippen LogP contribution >= 0.6 is 10.7 Å². The van der Waals surface area contributed by atoms with Gasteiger partial charge < -0.3 is 0 Å². The maximum atomic E-state index is 11.7. The molecule has 0 aromatic heterocycles. The highest BCUT2D eigenvalue weighted by Gasteiger charge is 2.30.